The van der Waals surface area contributed by atoms with E-state index in [9.17, 15) is 4.39 Å². The zero-order valence-corrected chi connectivity index (χ0v) is 12.2. The van der Waals surface area contributed by atoms with Crippen LogP contribution in [0.1, 0.15) is 22.7 Å². The summed E-state index contributed by atoms with van der Waals surface area (Å²) in [5, 5.41) is 0.663. The molecule has 0 aromatic heterocycles. The van der Waals surface area contributed by atoms with Crippen LogP contribution in [0.25, 0.3) is 0 Å². The Morgan fingerprint density at radius 1 is 1.25 bits per heavy atom. The molecule has 0 heterocycles. The minimum atomic E-state index is -0.375. The van der Waals surface area contributed by atoms with E-state index in [1.807, 2.05) is 31.2 Å². The summed E-state index contributed by atoms with van der Waals surface area (Å²) in [6, 6.07) is 10.4. The number of benzene rings is 2. The van der Waals surface area contributed by atoms with E-state index in [0.29, 0.717) is 11.4 Å². The van der Waals surface area contributed by atoms with Gasteiger partial charge in [0.05, 0.1) is 7.11 Å². The number of aryl methyl sites for hydroxylation is 1. The molecule has 106 valence electrons. The summed E-state index contributed by atoms with van der Waals surface area (Å²) >= 11 is 6.03. The Hall–Kier alpha value is -1.58. The normalized spacial score (nSPS) is 12.2. The largest absolute Gasteiger partial charge is 0.494 e. The third-order valence-electron chi connectivity index (χ3n) is 3.16. The Balaban J connectivity index is 2.18. The average molecular weight is 294 g/mol. The Morgan fingerprint density at radius 2 is 2.00 bits per heavy atom. The fourth-order valence-electron chi connectivity index (χ4n) is 2.19. The first-order valence-corrected chi connectivity index (χ1v) is 6.72. The van der Waals surface area contributed by atoms with Crippen LogP contribution in [0.5, 0.6) is 5.75 Å². The highest BCUT2D eigenvalue weighted by Crippen LogP contribution is 2.24. The number of rotatable bonds is 4. The van der Waals surface area contributed by atoms with Crippen LogP contribution < -0.4 is 10.5 Å². The van der Waals surface area contributed by atoms with Crippen molar-refractivity contribution in [1.82, 2.24) is 0 Å². The third kappa shape index (κ3) is 3.50. The summed E-state index contributed by atoms with van der Waals surface area (Å²) in [6.45, 7) is 1.97. The quantitative estimate of drug-likeness (QED) is 0.923. The number of nitrogens with two attached hydrogens (primary N) is 1. The highest BCUT2D eigenvalue weighted by molar-refractivity contribution is 6.30. The molecule has 1 atom stereocenters. The van der Waals surface area contributed by atoms with Crippen LogP contribution in [0.3, 0.4) is 0 Å². The van der Waals surface area contributed by atoms with Gasteiger partial charge in [0, 0.05) is 11.1 Å². The SMILES string of the molecule is COc1ccc(CC(N)c2cc(C)cc(Cl)c2)cc1F. The van der Waals surface area contributed by atoms with E-state index >= 15 is 0 Å². The van der Waals surface area contributed by atoms with E-state index < -0.39 is 0 Å². The lowest BCUT2D eigenvalue weighted by molar-refractivity contribution is 0.386. The highest BCUT2D eigenvalue weighted by Gasteiger charge is 2.11. The molecular weight excluding hydrogens is 277 g/mol. The summed E-state index contributed by atoms with van der Waals surface area (Å²) in [5.74, 6) is -0.139. The van der Waals surface area contributed by atoms with Crippen LogP contribution in [0.2, 0.25) is 5.02 Å². The molecule has 0 aliphatic rings. The second-order valence-corrected chi connectivity index (χ2v) is 5.28. The Morgan fingerprint density at radius 3 is 2.60 bits per heavy atom. The summed E-state index contributed by atoms with van der Waals surface area (Å²) in [6.07, 6.45) is 0.542. The van der Waals surface area contributed by atoms with E-state index in [2.05, 4.69) is 0 Å². The molecule has 2 rings (SSSR count). The fourth-order valence-corrected chi connectivity index (χ4v) is 2.49. The number of halogens is 2. The first kappa shape index (κ1) is 14.8. The van der Waals surface area contributed by atoms with Crippen molar-refractivity contribution in [2.45, 2.75) is 19.4 Å². The number of hydrogen-bond donors (Lipinski definition) is 1. The van der Waals surface area contributed by atoms with Gasteiger partial charge in [-0.25, -0.2) is 4.39 Å². The molecular formula is C16H17ClFNO. The molecule has 4 heteroatoms. The molecule has 0 aliphatic heterocycles. The molecule has 0 fully saturated rings. The number of ether oxygens (including phenoxy) is 1. The van der Waals surface area contributed by atoms with Gasteiger partial charge >= 0.3 is 0 Å². The van der Waals surface area contributed by atoms with Gasteiger partial charge in [-0.15, -0.1) is 0 Å². The van der Waals surface area contributed by atoms with Crippen LogP contribution in [-0.2, 0) is 6.42 Å². The summed E-state index contributed by atoms with van der Waals surface area (Å²) in [7, 11) is 1.44. The van der Waals surface area contributed by atoms with Gasteiger partial charge in [-0.3, -0.25) is 0 Å². The van der Waals surface area contributed by atoms with Gasteiger partial charge in [-0.1, -0.05) is 23.7 Å². The van der Waals surface area contributed by atoms with Crippen molar-refractivity contribution in [3.8, 4) is 5.75 Å². The number of hydrogen-bond acceptors (Lipinski definition) is 2. The third-order valence-corrected chi connectivity index (χ3v) is 3.38. The number of methoxy groups -OCH3 is 1. The van der Waals surface area contributed by atoms with E-state index in [0.717, 1.165) is 16.7 Å². The molecule has 0 saturated heterocycles. The van der Waals surface area contributed by atoms with Gasteiger partial charge in [0.15, 0.2) is 11.6 Å². The molecule has 0 bridgehead atoms. The fraction of sp³-hybridized carbons (Fsp3) is 0.250. The van der Waals surface area contributed by atoms with Crippen LogP contribution >= 0.6 is 11.6 Å². The van der Waals surface area contributed by atoms with Gasteiger partial charge in [0.25, 0.3) is 0 Å². The molecule has 2 nitrogen and oxygen atoms in total. The molecule has 0 spiro atoms. The second kappa shape index (κ2) is 6.25. The molecule has 0 amide bonds. The summed E-state index contributed by atoms with van der Waals surface area (Å²) in [5.41, 5.74) is 9.01. The minimum Gasteiger partial charge on any atom is -0.494 e. The van der Waals surface area contributed by atoms with E-state index in [1.165, 1.54) is 13.2 Å². The van der Waals surface area contributed by atoms with Gasteiger partial charge in [0.2, 0.25) is 0 Å². The Bertz CT molecular complexity index is 595. The average Bonchev–Trinajstić information content (AvgIpc) is 2.37. The molecule has 0 saturated carbocycles. The molecule has 2 N–H and O–H groups in total. The van der Waals surface area contributed by atoms with Crippen molar-refractivity contribution in [2.75, 3.05) is 7.11 Å². The maximum Gasteiger partial charge on any atom is 0.165 e. The van der Waals surface area contributed by atoms with E-state index in [1.54, 1.807) is 6.07 Å². The van der Waals surface area contributed by atoms with Crippen molar-refractivity contribution in [3.63, 3.8) is 0 Å². The monoisotopic (exact) mass is 293 g/mol. The highest BCUT2D eigenvalue weighted by atomic mass is 35.5. The summed E-state index contributed by atoms with van der Waals surface area (Å²) in [4.78, 5) is 0. The Kier molecular flexibility index (Phi) is 4.63. The zero-order chi connectivity index (χ0) is 14.7. The van der Waals surface area contributed by atoms with Crippen LogP contribution in [0, 0.1) is 12.7 Å². The lowest BCUT2D eigenvalue weighted by Gasteiger charge is -2.14. The Labute approximate surface area is 123 Å². The smallest absolute Gasteiger partial charge is 0.165 e. The maximum atomic E-state index is 13.6. The van der Waals surface area contributed by atoms with Crippen LogP contribution in [0.4, 0.5) is 4.39 Å². The van der Waals surface area contributed by atoms with Crippen molar-refractivity contribution in [2.24, 2.45) is 5.73 Å². The predicted molar refractivity (Wildman–Crippen MR) is 79.8 cm³/mol. The first-order chi connectivity index (χ1) is 9.49. The van der Waals surface area contributed by atoms with Crippen LogP contribution in [-0.4, -0.2) is 7.11 Å². The second-order valence-electron chi connectivity index (χ2n) is 4.84. The van der Waals surface area contributed by atoms with Crippen molar-refractivity contribution >= 4 is 11.6 Å². The molecule has 2 aromatic carbocycles. The topological polar surface area (TPSA) is 35.2 Å². The van der Waals surface area contributed by atoms with Gasteiger partial charge in [-0.2, -0.15) is 0 Å². The van der Waals surface area contributed by atoms with Gasteiger partial charge in [-0.05, 0) is 54.3 Å². The maximum absolute atomic E-state index is 13.6. The summed E-state index contributed by atoms with van der Waals surface area (Å²) < 4.78 is 18.5. The van der Waals surface area contributed by atoms with Crippen molar-refractivity contribution < 1.29 is 9.13 Å². The van der Waals surface area contributed by atoms with E-state index in [-0.39, 0.29) is 17.6 Å². The molecule has 0 aliphatic carbocycles. The predicted octanol–water partition coefficient (Wildman–Crippen LogP) is 4.04. The lowest BCUT2D eigenvalue weighted by atomic mass is 9.98. The van der Waals surface area contributed by atoms with Crippen molar-refractivity contribution in [3.05, 3.63) is 63.9 Å². The molecule has 20 heavy (non-hydrogen) atoms. The van der Waals surface area contributed by atoms with E-state index in [4.69, 9.17) is 22.1 Å². The minimum absolute atomic E-state index is 0.222. The lowest BCUT2D eigenvalue weighted by Crippen LogP contribution is -2.13. The zero-order valence-electron chi connectivity index (χ0n) is 11.5. The van der Waals surface area contributed by atoms with Gasteiger partial charge in [0.1, 0.15) is 0 Å². The standard InChI is InChI=1S/C16H17ClFNO/c1-10-5-12(9-13(17)6-10)15(19)8-11-3-4-16(20-2)14(18)7-11/h3-7,9,15H,8,19H2,1-2H3. The molecule has 1 unspecified atom stereocenters. The molecule has 0 radical (unpaired) electrons. The van der Waals surface area contributed by atoms with Crippen LogP contribution in [0.15, 0.2) is 36.4 Å². The molecule has 2 aromatic rings. The van der Waals surface area contributed by atoms with Gasteiger partial charge < -0.3 is 10.5 Å². The first-order valence-electron chi connectivity index (χ1n) is 6.34. The van der Waals surface area contributed by atoms with Crippen molar-refractivity contribution in [1.29, 1.82) is 0 Å².